The molecule has 2 aromatic carbocycles. The molecule has 0 bridgehead atoms. The van der Waals surface area contributed by atoms with Gasteiger partial charge in [-0.25, -0.2) is 9.97 Å². The third kappa shape index (κ3) is 5.36. The van der Waals surface area contributed by atoms with Crippen LogP contribution in [0.4, 0.5) is 5.82 Å². The summed E-state index contributed by atoms with van der Waals surface area (Å²) in [4.78, 5) is 22.8. The van der Waals surface area contributed by atoms with E-state index in [2.05, 4.69) is 25.1 Å². The summed E-state index contributed by atoms with van der Waals surface area (Å²) in [7, 11) is 0. The van der Waals surface area contributed by atoms with E-state index in [0.717, 1.165) is 76.2 Å². The first-order valence-electron chi connectivity index (χ1n) is 12.0. The van der Waals surface area contributed by atoms with Crippen LogP contribution in [-0.4, -0.2) is 64.0 Å². The van der Waals surface area contributed by atoms with Crippen LogP contribution in [0.15, 0.2) is 53.2 Å². The van der Waals surface area contributed by atoms with E-state index < -0.39 is 5.97 Å². The molecule has 6 rings (SSSR count). The fourth-order valence-corrected chi connectivity index (χ4v) is 4.45. The summed E-state index contributed by atoms with van der Waals surface area (Å²) in [5, 5.41) is 12.8. The summed E-state index contributed by atoms with van der Waals surface area (Å²) in [6.45, 7) is 5.73. The number of hydrogen-bond acceptors (Lipinski definition) is 8. The number of carbonyl (C=O) groups is 1. The first-order chi connectivity index (χ1) is 18.0. The molecular weight excluding hydrogens is 494 g/mol. The predicted octanol–water partition coefficient (Wildman–Crippen LogP) is 3.78. The number of nitrogens with one attached hydrogen (secondary N) is 1. The van der Waals surface area contributed by atoms with Crippen LogP contribution in [0.25, 0.3) is 22.1 Å². The molecule has 37 heavy (non-hydrogen) atoms. The quantitative estimate of drug-likeness (QED) is 0.383. The van der Waals surface area contributed by atoms with Crippen LogP contribution in [-0.2, 0) is 11.3 Å². The number of rotatable bonds is 4. The van der Waals surface area contributed by atoms with Gasteiger partial charge in [-0.2, -0.15) is 0 Å². The highest BCUT2D eigenvalue weighted by Gasteiger charge is 2.24. The maximum Gasteiger partial charge on any atom is 0.303 e. The third-order valence-corrected chi connectivity index (χ3v) is 6.59. The number of aliphatic carboxylic acids is 1. The molecule has 0 saturated carbocycles. The van der Waals surface area contributed by atoms with Gasteiger partial charge in [0.1, 0.15) is 17.4 Å². The van der Waals surface area contributed by atoms with Crippen molar-refractivity contribution in [3.63, 3.8) is 0 Å². The second-order valence-electron chi connectivity index (χ2n) is 8.54. The van der Waals surface area contributed by atoms with Crippen LogP contribution in [0.1, 0.15) is 18.9 Å². The molecule has 4 aromatic rings. The number of carboxylic acid groups (broad SMARTS) is 1. The number of benzene rings is 2. The van der Waals surface area contributed by atoms with E-state index in [1.807, 2.05) is 42.5 Å². The van der Waals surface area contributed by atoms with Crippen molar-refractivity contribution in [3.8, 4) is 11.5 Å². The van der Waals surface area contributed by atoms with Crippen molar-refractivity contribution < 1.29 is 23.8 Å². The van der Waals surface area contributed by atoms with Crippen molar-refractivity contribution in [2.75, 3.05) is 37.9 Å². The third-order valence-electron chi connectivity index (χ3n) is 6.19. The number of para-hydroxylation sites is 1. The Morgan fingerprint density at radius 3 is 2.62 bits per heavy atom. The average molecular weight is 522 g/mol. The first-order valence-corrected chi connectivity index (χ1v) is 12.4. The van der Waals surface area contributed by atoms with Crippen molar-refractivity contribution in [1.29, 1.82) is 0 Å². The number of anilines is 1. The van der Waals surface area contributed by atoms with Gasteiger partial charge in [-0.05, 0) is 42.0 Å². The molecule has 0 radical (unpaired) electrons. The number of carboxylic acids is 1. The fraction of sp³-hybridized carbons (Fsp3) is 0.308. The summed E-state index contributed by atoms with van der Waals surface area (Å²) in [6, 6.07) is 13.9. The Kier molecular flexibility index (Phi) is 7.22. The van der Waals surface area contributed by atoms with E-state index >= 15 is 0 Å². The highest BCUT2D eigenvalue weighted by molar-refractivity contribution is 7.80. The lowest BCUT2D eigenvalue weighted by atomic mass is 10.2. The molecule has 1 fully saturated rings. The van der Waals surface area contributed by atoms with Crippen LogP contribution in [0.2, 0.25) is 0 Å². The molecule has 2 aliphatic heterocycles. The lowest BCUT2D eigenvalue weighted by molar-refractivity contribution is -0.136. The van der Waals surface area contributed by atoms with Gasteiger partial charge in [0.2, 0.25) is 6.79 Å². The molecule has 0 amide bonds. The van der Waals surface area contributed by atoms with Crippen LogP contribution < -0.4 is 19.7 Å². The summed E-state index contributed by atoms with van der Waals surface area (Å²) >= 11 is 5.64. The fourth-order valence-electron chi connectivity index (χ4n) is 4.20. The zero-order chi connectivity index (χ0) is 25.8. The number of nitrogens with zero attached hydrogens (tertiary/aromatic N) is 4. The zero-order valence-corrected chi connectivity index (χ0v) is 21.2. The van der Waals surface area contributed by atoms with Gasteiger partial charge in [-0.15, -0.1) is 0 Å². The molecule has 0 aliphatic carbocycles. The second kappa shape index (κ2) is 10.9. The standard InChI is InChI=1S/C23H21N5O3S.C3H6O2/c32-23(24-12-15-5-6-18-19(11-15)30-14-29-18)28-9-7-27(8-10-28)22-21-20(25-13-26-22)16-3-1-2-4-17(16)31-21;1-2-3(4)5/h1-6,11,13H,7-10,12,14H2,(H,24,32);2H2,1H3,(H,4,5). The molecule has 2 aliphatic rings. The van der Waals surface area contributed by atoms with E-state index in [-0.39, 0.29) is 13.2 Å². The van der Waals surface area contributed by atoms with Gasteiger partial charge in [0.15, 0.2) is 28.0 Å². The van der Waals surface area contributed by atoms with Crippen LogP contribution in [0.3, 0.4) is 0 Å². The van der Waals surface area contributed by atoms with E-state index in [0.29, 0.717) is 6.54 Å². The topological polar surface area (TPSA) is 113 Å². The lowest BCUT2D eigenvalue weighted by Gasteiger charge is -2.36. The van der Waals surface area contributed by atoms with E-state index in [9.17, 15) is 4.79 Å². The maximum absolute atomic E-state index is 9.37. The van der Waals surface area contributed by atoms with Crippen LogP contribution in [0.5, 0.6) is 11.5 Å². The van der Waals surface area contributed by atoms with Crippen molar-refractivity contribution >= 4 is 51.2 Å². The first kappa shape index (κ1) is 24.6. The Labute approximate surface area is 218 Å². The Hall–Kier alpha value is -4.12. The Bertz CT molecular complexity index is 1430. The minimum atomic E-state index is -0.745. The number of ether oxygens (including phenoxy) is 2. The Morgan fingerprint density at radius 1 is 1.08 bits per heavy atom. The molecule has 10 nitrogen and oxygen atoms in total. The summed E-state index contributed by atoms with van der Waals surface area (Å²) in [5.41, 5.74) is 3.53. The van der Waals surface area contributed by atoms with Gasteiger partial charge in [-0.3, -0.25) is 4.79 Å². The maximum atomic E-state index is 9.37. The van der Waals surface area contributed by atoms with Crippen LogP contribution in [0, 0.1) is 0 Å². The molecule has 0 spiro atoms. The average Bonchev–Trinajstić information content (AvgIpc) is 3.56. The molecule has 0 unspecified atom stereocenters. The predicted molar refractivity (Wildman–Crippen MR) is 143 cm³/mol. The molecule has 11 heteroatoms. The van der Waals surface area contributed by atoms with Crippen molar-refractivity contribution in [3.05, 3.63) is 54.4 Å². The van der Waals surface area contributed by atoms with E-state index in [1.54, 1.807) is 13.3 Å². The van der Waals surface area contributed by atoms with E-state index in [4.69, 9.17) is 31.2 Å². The second-order valence-corrected chi connectivity index (χ2v) is 8.93. The van der Waals surface area contributed by atoms with Crippen molar-refractivity contribution in [2.45, 2.75) is 19.9 Å². The highest BCUT2D eigenvalue weighted by Crippen LogP contribution is 2.33. The Balaban J connectivity index is 0.000000514. The minimum absolute atomic E-state index is 0.222. The number of furan rings is 1. The highest BCUT2D eigenvalue weighted by atomic mass is 32.1. The van der Waals surface area contributed by atoms with Crippen molar-refractivity contribution in [1.82, 2.24) is 20.2 Å². The lowest BCUT2D eigenvalue weighted by Crippen LogP contribution is -2.51. The Morgan fingerprint density at radius 2 is 1.84 bits per heavy atom. The number of piperazine rings is 1. The van der Waals surface area contributed by atoms with Gasteiger partial charge in [-0.1, -0.05) is 25.1 Å². The molecule has 2 aromatic heterocycles. The van der Waals surface area contributed by atoms with Gasteiger partial charge in [0.05, 0.1) is 0 Å². The molecule has 1 saturated heterocycles. The van der Waals surface area contributed by atoms with Gasteiger partial charge in [0, 0.05) is 44.5 Å². The number of hydrogen-bond donors (Lipinski definition) is 2. The molecule has 0 atom stereocenters. The number of fused-ring (bicyclic) bond motifs is 4. The van der Waals surface area contributed by atoms with Crippen molar-refractivity contribution in [2.24, 2.45) is 0 Å². The molecule has 192 valence electrons. The van der Waals surface area contributed by atoms with Gasteiger partial charge < -0.3 is 34.1 Å². The van der Waals surface area contributed by atoms with E-state index in [1.165, 1.54) is 0 Å². The number of thiocarbonyl (C=S) groups is 1. The molecule has 4 heterocycles. The number of aromatic nitrogens is 2. The largest absolute Gasteiger partial charge is 0.481 e. The zero-order valence-electron chi connectivity index (χ0n) is 20.3. The molecular formula is C26H27N5O5S. The summed E-state index contributed by atoms with van der Waals surface area (Å²) < 4.78 is 16.9. The van der Waals surface area contributed by atoms with Crippen LogP contribution >= 0.6 is 12.2 Å². The SMILES string of the molecule is CCC(=O)O.S=C(NCc1ccc2c(c1)OCO2)N1CCN(c2ncnc3c2oc2ccccc23)CC1. The molecule has 2 N–H and O–H groups in total. The summed E-state index contributed by atoms with van der Waals surface area (Å²) in [6.07, 6.45) is 1.84. The summed E-state index contributed by atoms with van der Waals surface area (Å²) in [5.74, 6) is 1.66. The van der Waals surface area contributed by atoms with Gasteiger partial charge in [0.25, 0.3) is 0 Å². The minimum Gasteiger partial charge on any atom is -0.481 e. The smallest absolute Gasteiger partial charge is 0.303 e. The van der Waals surface area contributed by atoms with Gasteiger partial charge >= 0.3 is 5.97 Å². The normalized spacial score (nSPS) is 14.4. The monoisotopic (exact) mass is 521 g/mol.